The Kier molecular flexibility index (Phi) is 6.86. The molecule has 0 bridgehead atoms. The molecule has 2 atom stereocenters. The SMILES string of the molecule is C=CC(C)CC(=O)C(CC(=O)OC)C(=O)OC. The summed E-state index contributed by atoms with van der Waals surface area (Å²) in [5, 5.41) is 0. The minimum Gasteiger partial charge on any atom is -0.469 e. The van der Waals surface area contributed by atoms with E-state index >= 15 is 0 Å². The summed E-state index contributed by atoms with van der Waals surface area (Å²) < 4.78 is 8.94. The van der Waals surface area contributed by atoms with E-state index in [0.717, 1.165) is 0 Å². The van der Waals surface area contributed by atoms with Crippen LogP contribution in [0.4, 0.5) is 0 Å². The molecule has 0 aliphatic carbocycles. The van der Waals surface area contributed by atoms with Gasteiger partial charge < -0.3 is 9.47 Å². The molecular weight excluding hydrogens is 224 g/mol. The van der Waals surface area contributed by atoms with Gasteiger partial charge in [-0.05, 0) is 5.92 Å². The molecule has 0 rings (SSSR count). The van der Waals surface area contributed by atoms with Crippen LogP contribution in [-0.2, 0) is 23.9 Å². The summed E-state index contributed by atoms with van der Waals surface area (Å²) in [7, 11) is 2.38. The minimum absolute atomic E-state index is 0.0488. The first-order valence-electron chi connectivity index (χ1n) is 5.26. The van der Waals surface area contributed by atoms with Gasteiger partial charge in [-0.15, -0.1) is 6.58 Å². The second kappa shape index (κ2) is 7.60. The number of carbonyl (C=O) groups excluding carboxylic acids is 3. The van der Waals surface area contributed by atoms with Crippen molar-refractivity contribution < 1.29 is 23.9 Å². The first kappa shape index (κ1) is 15.3. The van der Waals surface area contributed by atoms with Crippen LogP contribution in [0, 0.1) is 11.8 Å². The normalized spacial score (nSPS) is 13.4. The molecule has 0 aromatic rings. The number of ether oxygens (including phenoxy) is 2. The largest absolute Gasteiger partial charge is 0.469 e. The summed E-state index contributed by atoms with van der Waals surface area (Å²) in [5.74, 6) is -2.80. The quantitative estimate of drug-likeness (QED) is 0.380. The Hall–Kier alpha value is -1.65. The van der Waals surface area contributed by atoms with Gasteiger partial charge in [-0.25, -0.2) is 0 Å². The monoisotopic (exact) mass is 242 g/mol. The van der Waals surface area contributed by atoms with Gasteiger partial charge in [0.25, 0.3) is 0 Å². The number of rotatable bonds is 7. The molecule has 0 radical (unpaired) electrons. The lowest BCUT2D eigenvalue weighted by molar-refractivity contribution is -0.155. The zero-order valence-corrected chi connectivity index (χ0v) is 10.4. The van der Waals surface area contributed by atoms with Crippen LogP contribution in [0.3, 0.4) is 0 Å². The molecular formula is C12H18O5. The van der Waals surface area contributed by atoms with Gasteiger partial charge in [0, 0.05) is 6.42 Å². The number of methoxy groups -OCH3 is 2. The second-order valence-corrected chi connectivity index (χ2v) is 3.74. The van der Waals surface area contributed by atoms with Crippen LogP contribution in [-0.4, -0.2) is 31.9 Å². The predicted molar refractivity (Wildman–Crippen MR) is 61.1 cm³/mol. The molecule has 5 heteroatoms. The number of ketones is 1. The van der Waals surface area contributed by atoms with E-state index in [0.29, 0.717) is 0 Å². The fraction of sp³-hybridized carbons (Fsp3) is 0.583. The molecule has 0 N–H and O–H groups in total. The van der Waals surface area contributed by atoms with E-state index in [1.165, 1.54) is 14.2 Å². The van der Waals surface area contributed by atoms with Gasteiger partial charge in [0.1, 0.15) is 11.7 Å². The maximum absolute atomic E-state index is 11.8. The number of esters is 2. The molecule has 0 saturated carbocycles. The first-order valence-corrected chi connectivity index (χ1v) is 5.26. The molecule has 0 aliphatic rings. The van der Waals surface area contributed by atoms with E-state index in [2.05, 4.69) is 16.1 Å². The molecule has 0 aliphatic heterocycles. The number of Topliss-reactive ketones (excluding diaryl/α,β-unsaturated/α-hetero) is 1. The average molecular weight is 242 g/mol. The van der Waals surface area contributed by atoms with Crippen molar-refractivity contribution in [3.05, 3.63) is 12.7 Å². The van der Waals surface area contributed by atoms with Crippen molar-refractivity contribution in [3.63, 3.8) is 0 Å². The van der Waals surface area contributed by atoms with Crippen molar-refractivity contribution >= 4 is 17.7 Å². The van der Waals surface area contributed by atoms with E-state index in [9.17, 15) is 14.4 Å². The highest BCUT2D eigenvalue weighted by Gasteiger charge is 2.30. The number of hydrogen-bond acceptors (Lipinski definition) is 5. The molecule has 5 nitrogen and oxygen atoms in total. The summed E-state index contributed by atoms with van der Waals surface area (Å²) in [4.78, 5) is 34.3. The minimum atomic E-state index is -1.09. The molecule has 0 aromatic carbocycles. The number of allylic oxidation sites excluding steroid dienone is 1. The van der Waals surface area contributed by atoms with Gasteiger partial charge in [0.15, 0.2) is 0 Å². The second-order valence-electron chi connectivity index (χ2n) is 3.74. The molecule has 17 heavy (non-hydrogen) atoms. The van der Waals surface area contributed by atoms with Crippen molar-refractivity contribution in [1.29, 1.82) is 0 Å². The van der Waals surface area contributed by atoms with E-state index in [-0.39, 0.29) is 24.5 Å². The zero-order valence-electron chi connectivity index (χ0n) is 10.4. The molecule has 0 fully saturated rings. The Morgan fingerprint density at radius 1 is 1.18 bits per heavy atom. The highest BCUT2D eigenvalue weighted by atomic mass is 16.5. The van der Waals surface area contributed by atoms with Crippen molar-refractivity contribution in [2.45, 2.75) is 19.8 Å². The van der Waals surface area contributed by atoms with E-state index in [1.807, 2.05) is 0 Å². The highest BCUT2D eigenvalue weighted by molar-refractivity contribution is 6.01. The maximum Gasteiger partial charge on any atom is 0.316 e. The topological polar surface area (TPSA) is 69.7 Å². The van der Waals surface area contributed by atoms with E-state index in [4.69, 9.17) is 0 Å². The van der Waals surface area contributed by atoms with Crippen LogP contribution < -0.4 is 0 Å². The smallest absolute Gasteiger partial charge is 0.316 e. The Balaban J connectivity index is 4.67. The summed E-state index contributed by atoms with van der Waals surface area (Å²) in [6, 6.07) is 0. The lowest BCUT2D eigenvalue weighted by Crippen LogP contribution is -2.29. The molecule has 0 spiro atoms. The third kappa shape index (κ3) is 5.29. The molecule has 0 amide bonds. The summed E-state index contributed by atoms with van der Waals surface area (Å²) in [6.45, 7) is 5.36. The van der Waals surface area contributed by atoms with Crippen molar-refractivity contribution in [2.24, 2.45) is 11.8 Å². The highest BCUT2D eigenvalue weighted by Crippen LogP contribution is 2.15. The molecule has 2 unspecified atom stereocenters. The van der Waals surface area contributed by atoms with Crippen LogP contribution in [0.25, 0.3) is 0 Å². The van der Waals surface area contributed by atoms with Crippen LogP contribution in [0.5, 0.6) is 0 Å². The van der Waals surface area contributed by atoms with Crippen LogP contribution in [0.15, 0.2) is 12.7 Å². The Bertz CT molecular complexity index is 308. The molecule has 0 saturated heterocycles. The average Bonchev–Trinajstić information content (AvgIpc) is 2.33. The van der Waals surface area contributed by atoms with E-state index < -0.39 is 17.9 Å². The van der Waals surface area contributed by atoms with Gasteiger partial charge in [-0.2, -0.15) is 0 Å². The molecule has 96 valence electrons. The standard InChI is InChI=1S/C12H18O5/c1-5-8(2)6-10(13)9(12(15)17-4)7-11(14)16-3/h5,8-9H,1,6-7H2,2-4H3. The lowest BCUT2D eigenvalue weighted by atomic mass is 9.93. The fourth-order valence-electron chi connectivity index (χ4n) is 1.26. The number of hydrogen-bond donors (Lipinski definition) is 0. The third-order valence-corrected chi connectivity index (χ3v) is 2.40. The first-order chi connectivity index (χ1) is 7.96. The summed E-state index contributed by atoms with van der Waals surface area (Å²) >= 11 is 0. The predicted octanol–water partition coefficient (Wildman–Crippen LogP) is 1.12. The molecule has 0 aromatic heterocycles. The maximum atomic E-state index is 11.8. The van der Waals surface area contributed by atoms with Gasteiger partial charge in [0.2, 0.25) is 0 Å². The van der Waals surface area contributed by atoms with Gasteiger partial charge in [-0.1, -0.05) is 13.0 Å². The van der Waals surface area contributed by atoms with Gasteiger partial charge >= 0.3 is 11.9 Å². The van der Waals surface area contributed by atoms with Gasteiger partial charge in [0.05, 0.1) is 20.6 Å². The Labute approximate surface area is 101 Å². The number of carbonyl (C=O) groups is 3. The van der Waals surface area contributed by atoms with Crippen LogP contribution in [0.2, 0.25) is 0 Å². The third-order valence-electron chi connectivity index (χ3n) is 2.40. The lowest BCUT2D eigenvalue weighted by Gasteiger charge is -2.13. The van der Waals surface area contributed by atoms with Gasteiger partial charge in [-0.3, -0.25) is 14.4 Å². The van der Waals surface area contributed by atoms with Crippen LogP contribution in [0.1, 0.15) is 19.8 Å². The summed E-state index contributed by atoms with van der Waals surface area (Å²) in [6.07, 6.45) is 1.48. The van der Waals surface area contributed by atoms with E-state index in [1.54, 1.807) is 13.0 Å². The Morgan fingerprint density at radius 2 is 1.76 bits per heavy atom. The van der Waals surface area contributed by atoms with Crippen LogP contribution >= 0.6 is 0 Å². The van der Waals surface area contributed by atoms with Crippen molar-refractivity contribution in [1.82, 2.24) is 0 Å². The molecule has 0 heterocycles. The fourth-order valence-corrected chi connectivity index (χ4v) is 1.26. The Morgan fingerprint density at radius 3 is 2.18 bits per heavy atom. The van der Waals surface area contributed by atoms with Crippen molar-refractivity contribution in [2.75, 3.05) is 14.2 Å². The van der Waals surface area contributed by atoms with Crippen molar-refractivity contribution in [3.8, 4) is 0 Å². The zero-order chi connectivity index (χ0) is 13.4. The summed E-state index contributed by atoms with van der Waals surface area (Å²) in [5.41, 5.74) is 0.